The van der Waals surface area contributed by atoms with Gasteiger partial charge in [-0.15, -0.1) is 0 Å². The second kappa shape index (κ2) is 13.4. The molecule has 0 aromatic carbocycles. The highest BCUT2D eigenvalue weighted by atomic mass is 16.7. The molecule has 19 nitrogen and oxygen atoms in total. The molecule has 0 aliphatic carbocycles. The highest BCUT2D eigenvalue weighted by molar-refractivity contribution is 5.23. The Morgan fingerprint density at radius 2 is 1.57 bits per heavy atom. The molecule has 1 aromatic heterocycles. The molecule has 0 bridgehead atoms. The predicted octanol–water partition coefficient (Wildman–Crippen LogP) is -8.64. The molecule has 2 saturated heterocycles. The SMILES string of the molecule is Nc1ccn([C@H]2OC([C@H](O[C@H]3O[C@@H](CO)[C@H](O)[C@@H](N)[C@@H]3O)[C@H](O)[C@H](O)[C@@H](O)[C@@H](O)CO)[C@H](N)[C@@H](O)[C@@H]2O)c(=O)n1. The summed E-state index contributed by atoms with van der Waals surface area (Å²) in [6.45, 7) is -1.80. The van der Waals surface area contributed by atoms with Crippen LogP contribution in [0.5, 0.6) is 0 Å². The maximum Gasteiger partial charge on any atom is 0.351 e. The molecule has 3 heterocycles. The zero-order valence-corrected chi connectivity index (χ0v) is 21.0. The van der Waals surface area contributed by atoms with Gasteiger partial charge in [-0.25, -0.2) is 4.79 Å². The smallest absolute Gasteiger partial charge is 0.351 e. The first kappa shape index (κ1) is 32.6. The maximum absolute atomic E-state index is 12.4. The summed E-state index contributed by atoms with van der Waals surface area (Å²) in [6.07, 6.45) is -23.4. The number of ether oxygens (including phenoxy) is 3. The Balaban J connectivity index is 2.02. The van der Waals surface area contributed by atoms with E-state index in [1.165, 1.54) is 6.07 Å². The predicted molar refractivity (Wildman–Crippen MR) is 129 cm³/mol. The van der Waals surface area contributed by atoms with Gasteiger partial charge in [0.05, 0.1) is 25.3 Å². The zero-order valence-electron chi connectivity index (χ0n) is 21.0. The Labute approximate surface area is 226 Å². The van der Waals surface area contributed by atoms with E-state index in [-0.39, 0.29) is 5.82 Å². The summed E-state index contributed by atoms with van der Waals surface area (Å²) in [5, 5.41) is 102. The van der Waals surface area contributed by atoms with Gasteiger partial charge in [-0.05, 0) is 6.07 Å². The number of rotatable bonds is 10. The molecule has 16 N–H and O–H groups in total. The molecule has 0 spiro atoms. The van der Waals surface area contributed by atoms with Gasteiger partial charge in [0, 0.05) is 6.20 Å². The fraction of sp³-hybridized carbons (Fsp3) is 0.810. The van der Waals surface area contributed by atoms with Gasteiger partial charge in [-0.2, -0.15) is 4.98 Å². The second-order valence-electron chi connectivity index (χ2n) is 9.70. The van der Waals surface area contributed by atoms with E-state index in [2.05, 4.69) is 4.98 Å². The van der Waals surface area contributed by atoms with Crippen molar-refractivity contribution in [2.24, 2.45) is 11.5 Å². The van der Waals surface area contributed by atoms with Crippen molar-refractivity contribution in [3.63, 3.8) is 0 Å². The monoisotopic (exact) mass is 583 g/mol. The average Bonchev–Trinajstić information content (AvgIpc) is 2.93. The minimum Gasteiger partial charge on any atom is -0.394 e. The molecule has 0 saturated carbocycles. The van der Waals surface area contributed by atoms with E-state index in [0.717, 1.165) is 10.8 Å². The highest BCUT2D eigenvalue weighted by Crippen LogP contribution is 2.33. The van der Waals surface area contributed by atoms with Crippen LogP contribution in [0.3, 0.4) is 0 Å². The number of hydrogen-bond acceptors (Lipinski definition) is 18. The van der Waals surface area contributed by atoms with Gasteiger partial charge in [0.15, 0.2) is 12.5 Å². The van der Waals surface area contributed by atoms with Crippen molar-refractivity contribution in [2.75, 3.05) is 18.9 Å². The van der Waals surface area contributed by atoms with Crippen LogP contribution in [0.1, 0.15) is 6.23 Å². The van der Waals surface area contributed by atoms with Crippen molar-refractivity contribution in [2.45, 2.75) is 91.7 Å². The molecule has 1 aromatic rings. The largest absolute Gasteiger partial charge is 0.394 e. The van der Waals surface area contributed by atoms with E-state index in [1.54, 1.807) is 0 Å². The number of nitrogen functional groups attached to an aromatic ring is 1. The molecule has 15 atom stereocenters. The summed E-state index contributed by atoms with van der Waals surface area (Å²) >= 11 is 0. The van der Waals surface area contributed by atoms with Gasteiger partial charge in [-0.3, -0.25) is 4.57 Å². The van der Waals surface area contributed by atoms with E-state index in [4.69, 9.17) is 36.5 Å². The van der Waals surface area contributed by atoms with Gasteiger partial charge < -0.3 is 82.5 Å². The lowest BCUT2D eigenvalue weighted by molar-refractivity contribution is -0.326. The summed E-state index contributed by atoms with van der Waals surface area (Å²) in [5.41, 5.74) is 16.3. The van der Waals surface area contributed by atoms with Crippen LogP contribution < -0.4 is 22.9 Å². The first-order valence-corrected chi connectivity index (χ1v) is 12.2. The third-order valence-electron chi connectivity index (χ3n) is 7.01. The van der Waals surface area contributed by atoms with Crippen molar-refractivity contribution < 1.29 is 65.3 Å². The normalized spacial score (nSPS) is 38.8. The minimum atomic E-state index is -2.29. The summed E-state index contributed by atoms with van der Waals surface area (Å²) in [7, 11) is 0. The van der Waals surface area contributed by atoms with Gasteiger partial charge in [0.25, 0.3) is 0 Å². The van der Waals surface area contributed by atoms with Crippen LogP contribution in [0.2, 0.25) is 0 Å². The third-order valence-corrected chi connectivity index (χ3v) is 7.01. The number of nitrogens with zero attached hydrogens (tertiary/aromatic N) is 2. The molecular weight excluding hydrogens is 546 g/mol. The van der Waals surface area contributed by atoms with Crippen molar-refractivity contribution >= 4 is 5.82 Å². The standard InChI is InChI=1S/C21H37N5O14/c22-7-1-2-26(21(37)25-7)19-16(36)12(32)9(24)17(39-19)18(15(35)14(34)10(30)5(29)3-27)40-20-13(33)8(23)11(31)6(4-28)38-20/h1-2,5-6,8-20,27-36H,3-4,23-24H2,(H2,22,25,37)/t5-,6-,8+,9+,10-,11-,12+,13-,14+,15+,16-,17?,18+,19-,20+/m0/s1. The number of hydrogen-bond donors (Lipinski definition) is 13. The molecule has 2 aliphatic rings. The molecule has 19 heteroatoms. The number of aromatic nitrogens is 2. The van der Waals surface area contributed by atoms with Crippen LogP contribution in [0.15, 0.2) is 17.1 Å². The average molecular weight is 584 g/mol. The van der Waals surface area contributed by atoms with Crippen molar-refractivity contribution in [3.05, 3.63) is 22.7 Å². The lowest BCUT2D eigenvalue weighted by Gasteiger charge is -2.48. The molecule has 230 valence electrons. The Morgan fingerprint density at radius 3 is 2.15 bits per heavy atom. The summed E-state index contributed by atoms with van der Waals surface area (Å²) < 4.78 is 17.5. The van der Waals surface area contributed by atoms with Crippen molar-refractivity contribution in [3.8, 4) is 0 Å². The van der Waals surface area contributed by atoms with Gasteiger partial charge in [0.2, 0.25) is 0 Å². The lowest BCUT2D eigenvalue weighted by Crippen LogP contribution is -2.69. The Kier molecular flexibility index (Phi) is 10.9. The van der Waals surface area contributed by atoms with Crippen molar-refractivity contribution in [1.29, 1.82) is 0 Å². The zero-order chi connectivity index (χ0) is 30.0. The van der Waals surface area contributed by atoms with Crippen LogP contribution >= 0.6 is 0 Å². The molecule has 3 rings (SSSR count). The van der Waals surface area contributed by atoms with Crippen LogP contribution in [-0.4, -0.2) is 159 Å². The first-order chi connectivity index (χ1) is 18.7. The van der Waals surface area contributed by atoms with Crippen LogP contribution in [0.25, 0.3) is 0 Å². The van der Waals surface area contributed by atoms with Crippen LogP contribution in [0.4, 0.5) is 5.82 Å². The maximum atomic E-state index is 12.4. The number of aliphatic hydroxyl groups excluding tert-OH is 10. The molecule has 1 unspecified atom stereocenters. The van der Waals surface area contributed by atoms with E-state index in [1.807, 2.05) is 0 Å². The highest BCUT2D eigenvalue weighted by Gasteiger charge is 2.53. The van der Waals surface area contributed by atoms with E-state index < -0.39 is 111 Å². The topological polar surface area (TPSA) is 343 Å². The Bertz CT molecular complexity index is 1020. The molecule has 0 amide bonds. The number of anilines is 1. The molecule has 0 radical (unpaired) electrons. The Morgan fingerprint density at radius 1 is 0.925 bits per heavy atom. The first-order valence-electron chi connectivity index (χ1n) is 12.2. The third kappa shape index (κ3) is 6.43. The van der Waals surface area contributed by atoms with Crippen molar-refractivity contribution in [1.82, 2.24) is 9.55 Å². The molecule has 40 heavy (non-hydrogen) atoms. The second-order valence-corrected chi connectivity index (χ2v) is 9.70. The molecular formula is C21H37N5O14. The van der Waals surface area contributed by atoms with Gasteiger partial charge >= 0.3 is 5.69 Å². The minimum absolute atomic E-state index is 0.170. The van der Waals surface area contributed by atoms with Crippen LogP contribution in [0, 0.1) is 0 Å². The fourth-order valence-electron chi connectivity index (χ4n) is 4.54. The summed E-state index contributed by atoms with van der Waals surface area (Å²) in [5.74, 6) is -0.170. The summed E-state index contributed by atoms with van der Waals surface area (Å²) in [6, 6.07) is -1.90. The van der Waals surface area contributed by atoms with E-state index in [9.17, 15) is 50.8 Å². The quantitative estimate of drug-likeness (QED) is 0.121. The van der Waals surface area contributed by atoms with Gasteiger partial charge in [0.1, 0.15) is 73.0 Å². The van der Waals surface area contributed by atoms with E-state index in [0.29, 0.717) is 0 Å². The van der Waals surface area contributed by atoms with Gasteiger partial charge in [-0.1, -0.05) is 0 Å². The summed E-state index contributed by atoms with van der Waals surface area (Å²) in [4.78, 5) is 15.9. The lowest BCUT2D eigenvalue weighted by atomic mass is 9.87. The fourth-order valence-corrected chi connectivity index (χ4v) is 4.54. The van der Waals surface area contributed by atoms with Crippen LogP contribution in [-0.2, 0) is 14.2 Å². The van der Waals surface area contributed by atoms with E-state index >= 15 is 0 Å². The number of aliphatic hydroxyl groups is 10. The number of nitrogens with two attached hydrogens (primary N) is 3. The molecule has 2 aliphatic heterocycles. The molecule has 2 fully saturated rings. The Hall–Kier alpha value is -1.92.